The average Bonchev–Trinajstić information content (AvgIpc) is 3.05. The predicted octanol–water partition coefficient (Wildman–Crippen LogP) is 3.37. The molecule has 4 rings (SSSR count). The third-order valence-electron chi connectivity index (χ3n) is 3.01. The molecule has 0 aliphatic rings. The summed E-state index contributed by atoms with van der Waals surface area (Å²) in [6.45, 7) is 0. The lowest BCUT2D eigenvalue weighted by Crippen LogP contribution is -1.82. The summed E-state index contributed by atoms with van der Waals surface area (Å²) in [5.41, 5.74) is 3.51. The number of fused-ring (bicyclic) bond motifs is 3. The Bertz CT molecular complexity index is 831. The third-order valence-corrected chi connectivity index (χ3v) is 3.01. The number of aromatic nitrogens is 3. The number of benzene rings is 1. The molecule has 0 saturated carbocycles. The van der Waals surface area contributed by atoms with Crippen molar-refractivity contribution in [2.24, 2.45) is 0 Å². The topological polar surface area (TPSA) is 54.7 Å². The summed E-state index contributed by atoms with van der Waals surface area (Å²) in [6.07, 6.45) is 5.32. The second-order valence-electron chi connectivity index (χ2n) is 4.07. The van der Waals surface area contributed by atoms with Gasteiger partial charge in [-0.2, -0.15) is 0 Å². The number of furan rings is 1. The number of H-pyrrole nitrogens is 1. The van der Waals surface area contributed by atoms with Crippen LogP contribution >= 0.6 is 0 Å². The lowest BCUT2D eigenvalue weighted by molar-refractivity contribution is 0.668. The smallest absolute Gasteiger partial charge is 0.153 e. The number of nitrogens with zero attached hydrogens (tertiary/aromatic N) is 2. The molecule has 0 aliphatic heterocycles. The molecule has 18 heavy (non-hydrogen) atoms. The second-order valence-corrected chi connectivity index (χ2v) is 4.07. The normalized spacial score (nSPS) is 11.3. The van der Waals surface area contributed by atoms with Crippen molar-refractivity contribution in [1.82, 2.24) is 15.0 Å². The van der Waals surface area contributed by atoms with Gasteiger partial charge in [0.05, 0.1) is 5.39 Å². The van der Waals surface area contributed by atoms with Gasteiger partial charge in [-0.1, -0.05) is 12.1 Å². The van der Waals surface area contributed by atoms with Crippen molar-refractivity contribution >= 4 is 22.1 Å². The van der Waals surface area contributed by atoms with Gasteiger partial charge in [0.15, 0.2) is 5.58 Å². The highest BCUT2D eigenvalue weighted by atomic mass is 16.3. The van der Waals surface area contributed by atoms with E-state index in [4.69, 9.17) is 4.42 Å². The van der Waals surface area contributed by atoms with E-state index < -0.39 is 0 Å². The highest BCUT2D eigenvalue weighted by Crippen LogP contribution is 2.33. The van der Waals surface area contributed by atoms with Crippen LogP contribution in [-0.2, 0) is 0 Å². The first kappa shape index (κ1) is 9.41. The van der Waals surface area contributed by atoms with Crippen molar-refractivity contribution in [3.63, 3.8) is 0 Å². The zero-order valence-corrected chi connectivity index (χ0v) is 9.42. The Morgan fingerprint density at radius 3 is 2.78 bits per heavy atom. The van der Waals surface area contributed by atoms with Gasteiger partial charge in [-0.05, 0) is 18.2 Å². The summed E-state index contributed by atoms with van der Waals surface area (Å²) in [4.78, 5) is 11.8. The van der Waals surface area contributed by atoms with E-state index >= 15 is 0 Å². The Kier molecular flexibility index (Phi) is 1.80. The van der Waals surface area contributed by atoms with Crippen LogP contribution < -0.4 is 0 Å². The van der Waals surface area contributed by atoms with Gasteiger partial charge in [0.1, 0.15) is 16.9 Å². The average molecular weight is 235 g/mol. The van der Waals surface area contributed by atoms with E-state index in [0.717, 1.165) is 33.5 Å². The molecule has 4 aromatic rings. The van der Waals surface area contributed by atoms with Crippen molar-refractivity contribution in [2.75, 3.05) is 0 Å². The molecule has 0 atom stereocenters. The first-order valence-electron chi connectivity index (χ1n) is 5.69. The van der Waals surface area contributed by atoms with Gasteiger partial charge in [0.2, 0.25) is 0 Å². The molecule has 0 amide bonds. The molecule has 1 N–H and O–H groups in total. The molecule has 3 aromatic heterocycles. The van der Waals surface area contributed by atoms with Gasteiger partial charge >= 0.3 is 0 Å². The quantitative estimate of drug-likeness (QED) is 0.550. The number of hydrogen-bond donors (Lipinski definition) is 1. The second kappa shape index (κ2) is 3.43. The molecule has 0 aliphatic carbocycles. The molecule has 0 bridgehead atoms. The highest BCUT2D eigenvalue weighted by molar-refractivity contribution is 6.09. The maximum absolute atomic E-state index is 5.79. The standard InChI is InChI=1S/C14H9N3O/c1-3-9(14-16-7-8-17-14)12-10(4-1)18-11-5-2-6-15-13(11)12/h1-8H,(H,16,17). The molecule has 1 aromatic carbocycles. The minimum absolute atomic E-state index is 0.798. The fourth-order valence-electron chi connectivity index (χ4n) is 2.25. The van der Waals surface area contributed by atoms with E-state index in [1.165, 1.54) is 0 Å². The number of pyridine rings is 1. The minimum Gasteiger partial charge on any atom is -0.454 e. The largest absolute Gasteiger partial charge is 0.454 e. The molecular formula is C14H9N3O. The van der Waals surface area contributed by atoms with Crippen molar-refractivity contribution in [3.05, 3.63) is 48.9 Å². The van der Waals surface area contributed by atoms with Crippen molar-refractivity contribution in [1.29, 1.82) is 0 Å². The Morgan fingerprint density at radius 2 is 1.89 bits per heavy atom. The molecule has 4 heteroatoms. The molecule has 0 fully saturated rings. The van der Waals surface area contributed by atoms with E-state index in [9.17, 15) is 0 Å². The lowest BCUT2D eigenvalue weighted by Gasteiger charge is -1.98. The zero-order chi connectivity index (χ0) is 11.9. The fraction of sp³-hybridized carbons (Fsp3) is 0. The van der Waals surface area contributed by atoms with Crippen LogP contribution in [0.1, 0.15) is 0 Å². The zero-order valence-electron chi connectivity index (χ0n) is 9.42. The van der Waals surface area contributed by atoms with E-state index in [-0.39, 0.29) is 0 Å². The summed E-state index contributed by atoms with van der Waals surface area (Å²) in [7, 11) is 0. The maximum atomic E-state index is 5.79. The van der Waals surface area contributed by atoms with Gasteiger partial charge in [-0.15, -0.1) is 0 Å². The summed E-state index contributed by atoms with van der Waals surface area (Å²) in [5, 5.41) is 1.00. The maximum Gasteiger partial charge on any atom is 0.153 e. The van der Waals surface area contributed by atoms with Gasteiger partial charge in [-0.25, -0.2) is 4.98 Å². The van der Waals surface area contributed by atoms with E-state index in [2.05, 4.69) is 15.0 Å². The van der Waals surface area contributed by atoms with Crippen LogP contribution in [0, 0.1) is 0 Å². The molecule has 4 nitrogen and oxygen atoms in total. The first-order chi connectivity index (χ1) is 8.93. The van der Waals surface area contributed by atoms with Crippen molar-refractivity contribution in [2.45, 2.75) is 0 Å². The molecule has 3 heterocycles. The number of aromatic amines is 1. The third kappa shape index (κ3) is 1.20. The van der Waals surface area contributed by atoms with Gasteiger partial charge in [0, 0.05) is 24.2 Å². The van der Waals surface area contributed by atoms with Gasteiger partial charge in [-0.3, -0.25) is 4.98 Å². The number of hydrogen-bond acceptors (Lipinski definition) is 3. The Hall–Kier alpha value is -2.62. The highest BCUT2D eigenvalue weighted by Gasteiger charge is 2.13. The van der Waals surface area contributed by atoms with Crippen LogP contribution in [0.15, 0.2) is 53.3 Å². The number of rotatable bonds is 1. The SMILES string of the molecule is c1cnc2c(c1)oc1cccc(-c3ncc[nH]3)c12. The molecule has 0 unspecified atom stereocenters. The van der Waals surface area contributed by atoms with Crippen LogP contribution in [0.2, 0.25) is 0 Å². The Balaban J connectivity index is 2.21. The summed E-state index contributed by atoms with van der Waals surface area (Å²) < 4.78 is 5.79. The Morgan fingerprint density at radius 1 is 0.944 bits per heavy atom. The monoisotopic (exact) mass is 235 g/mol. The minimum atomic E-state index is 0.798. The molecular weight excluding hydrogens is 226 g/mol. The van der Waals surface area contributed by atoms with E-state index in [0.29, 0.717) is 0 Å². The van der Waals surface area contributed by atoms with E-state index in [1.807, 2.05) is 36.5 Å². The first-order valence-corrected chi connectivity index (χ1v) is 5.69. The predicted molar refractivity (Wildman–Crippen MR) is 69.1 cm³/mol. The summed E-state index contributed by atoms with van der Waals surface area (Å²) in [5.74, 6) is 0.828. The van der Waals surface area contributed by atoms with E-state index in [1.54, 1.807) is 12.4 Å². The van der Waals surface area contributed by atoms with Crippen LogP contribution in [0.5, 0.6) is 0 Å². The fourth-order valence-corrected chi connectivity index (χ4v) is 2.25. The van der Waals surface area contributed by atoms with Crippen molar-refractivity contribution in [3.8, 4) is 11.4 Å². The lowest BCUT2D eigenvalue weighted by atomic mass is 10.1. The Labute approximate surface area is 102 Å². The number of nitrogens with one attached hydrogen (secondary N) is 1. The van der Waals surface area contributed by atoms with Crippen LogP contribution in [0.25, 0.3) is 33.5 Å². The van der Waals surface area contributed by atoms with Gasteiger partial charge in [0.25, 0.3) is 0 Å². The molecule has 0 spiro atoms. The van der Waals surface area contributed by atoms with Crippen LogP contribution in [-0.4, -0.2) is 15.0 Å². The number of imidazole rings is 1. The van der Waals surface area contributed by atoms with Crippen LogP contribution in [0.3, 0.4) is 0 Å². The molecule has 86 valence electrons. The van der Waals surface area contributed by atoms with Gasteiger partial charge < -0.3 is 9.40 Å². The molecule has 0 radical (unpaired) electrons. The summed E-state index contributed by atoms with van der Waals surface area (Å²) >= 11 is 0. The van der Waals surface area contributed by atoms with Crippen molar-refractivity contribution < 1.29 is 4.42 Å². The molecule has 0 saturated heterocycles. The van der Waals surface area contributed by atoms with Crippen LogP contribution in [0.4, 0.5) is 0 Å². The summed E-state index contributed by atoms with van der Waals surface area (Å²) in [6, 6.07) is 9.72.